The molecule has 1 heterocycles. The monoisotopic (exact) mass is 381 g/mol. The van der Waals surface area contributed by atoms with Crippen LogP contribution < -0.4 is 0 Å². The van der Waals surface area contributed by atoms with Crippen molar-refractivity contribution < 1.29 is 64.6 Å². The number of aromatic carboxylic acids is 2. The molecule has 0 saturated carbocycles. The normalized spacial score (nSPS) is 8.00. The third-order valence-corrected chi connectivity index (χ3v) is 1.23. The first-order chi connectivity index (χ1) is 5.61. The second kappa shape index (κ2) is 6.94. The summed E-state index contributed by atoms with van der Waals surface area (Å²) < 4.78 is 0. The molecule has 5 nitrogen and oxygen atoms in total. The van der Waals surface area contributed by atoms with Crippen LogP contribution in [-0.4, -0.2) is 27.1 Å². The quantitative estimate of drug-likeness (QED) is 0.726. The van der Waals surface area contributed by atoms with E-state index in [-0.39, 0.29) is 55.9 Å². The zero-order valence-electron chi connectivity index (χ0n) is 6.49. The van der Waals surface area contributed by atoms with E-state index in [4.69, 9.17) is 10.2 Å². The van der Waals surface area contributed by atoms with E-state index >= 15 is 0 Å². The summed E-state index contributed by atoms with van der Waals surface area (Å²) in [6.07, 6.45) is 2.18. The number of carboxylic acids is 2. The minimum absolute atomic E-state index is 0. The molecule has 2 N–H and O–H groups in total. The summed E-state index contributed by atoms with van der Waals surface area (Å²) in [5.41, 5.74) is -0.259. The molecule has 0 amide bonds. The van der Waals surface area contributed by atoms with E-state index in [2.05, 4.69) is 4.98 Å². The van der Waals surface area contributed by atoms with Gasteiger partial charge in [-0.1, -0.05) is 0 Å². The van der Waals surface area contributed by atoms with Crippen molar-refractivity contribution in [1.82, 2.24) is 4.98 Å². The van der Waals surface area contributed by atoms with E-state index in [0.29, 0.717) is 0 Å². The summed E-state index contributed by atoms with van der Waals surface area (Å²) in [5, 5.41) is 16.9. The molecule has 0 unspecified atom stereocenters. The van der Waals surface area contributed by atoms with E-state index in [0.717, 1.165) is 18.5 Å². The molecule has 0 aliphatic rings. The topological polar surface area (TPSA) is 87.5 Å². The van der Waals surface area contributed by atoms with Gasteiger partial charge in [0.05, 0.1) is 11.1 Å². The third-order valence-electron chi connectivity index (χ3n) is 1.23. The Morgan fingerprint density at radius 1 is 1.00 bits per heavy atom. The van der Waals surface area contributed by atoms with Crippen LogP contribution in [0, 0.1) is 0 Å². The Morgan fingerprint density at radius 3 is 1.64 bits per heavy atom. The fourth-order valence-corrected chi connectivity index (χ4v) is 0.674. The molecule has 0 aliphatic carbocycles. The first-order valence-corrected chi connectivity index (χ1v) is 3.03. The summed E-state index contributed by atoms with van der Waals surface area (Å²) in [6.45, 7) is 0. The van der Waals surface area contributed by atoms with Crippen LogP contribution in [0.25, 0.3) is 0 Å². The summed E-state index contributed by atoms with van der Waals surface area (Å²) in [4.78, 5) is 24.2. The number of nitrogens with zero attached hydrogens (tertiary/aromatic N) is 1. The first-order valence-electron chi connectivity index (χ1n) is 3.03. The standard InChI is InChI=1S/C7H5NO4.2Ag/c9-6(10)4-1-5(7(11)12)3-8-2-4;;/h1-3H,(H,9,10)(H,11,12);;. The van der Waals surface area contributed by atoms with Crippen molar-refractivity contribution in [2.75, 3.05) is 0 Å². The van der Waals surface area contributed by atoms with Crippen LogP contribution >= 0.6 is 0 Å². The molecule has 2 radical (unpaired) electrons. The molecule has 0 bridgehead atoms. The molecular weight excluding hydrogens is 378 g/mol. The van der Waals surface area contributed by atoms with Crippen molar-refractivity contribution in [2.45, 2.75) is 0 Å². The molecule has 0 spiro atoms. The van der Waals surface area contributed by atoms with E-state index < -0.39 is 11.9 Å². The van der Waals surface area contributed by atoms with Gasteiger partial charge in [-0.3, -0.25) is 4.98 Å². The van der Waals surface area contributed by atoms with Gasteiger partial charge in [0.1, 0.15) is 0 Å². The number of carboxylic acid groups (broad SMARTS) is 2. The molecule has 1 rings (SSSR count). The Hall–Kier alpha value is -0.429. The van der Waals surface area contributed by atoms with Crippen molar-refractivity contribution in [3.8, 4) is 0 Å². The molecule has 0 atom stereocenters. The van der Waals surface area contributed by atoms with Crippen molar-refractivity contribution in [3.05, 3.63) is 29.6 Å². The molecule has 0 aliphatic heterocycles. The van der Waals surface area contributed by atoms with Gasteiger partial charge in [0.2, 0.25) is 0 Å². The maximum Gasteiger partial charge on any atom is 0.337 e. The molecular formula is C7H5Ag2NO4. The molecule has 0 saturated heterocycles. The van der Waals surface area contributed by atoms with Crippen molar-refractivity contribution in [3.63, 3.8) is 0 Å². The Balaban J connectivity index is 0. The molecule has 1 aromatic rings. The zero-order chi connectivity index (χ0) is 9.14. The predicted octanol–water partition coefficient (Wildman–Crippen LogP) is 0.473. The van der Waals surface area contributed by atoms with Gasteiger partial charge in [-0.25, -0.2) is 9.59 Å². The number of hydrogen-bond acceptors (Lipinski definition) is 3. The van der Waals surface area contributed by atoms with Gasteiger partial charge in [0.15, 0.2) is 0 Å². The van der Waals surface area contributed by atoms with E-state index in [1.807, 2.05) is 0 Å². The molecule has 1 aromatic heterocycles. The average molecular weight is 383 g/mol. The van der Waals surface area contributed by atoms with Gasteiger partial charge in [0, 0.05) is 57.2 Å². The van der Waals surface area contributed by atoms with Crippen molar-refractivity contribution >= 4 is 11.9 Å². The third kappa shape index (κ3) is 4.19. The van der Waals surface area contributed by atoms with Crippen LogP contribution in [-0.2, 0) is 44.8 Å². The summed E-state index contributed by atoms with van der Waals surface area (Å²) in [5.74, 6) is -2.38. The van der Waals surface area contributed by atoms with Gasteiger partial charge in [-0.2, -0.15) is 0 Å². The number of carbonyl (C=O) groups is 2. The van der Waals surface area contributed by atoms with Crippen LogP contribution in [0.15, 0.2) is 18.5 Å². The molecule has 0 aromatic carbocycles. The Labute approximate surface area is 111 Å². The Kier molecular flexibility index (Phi) is 7.94. The summed E-state index contributed by atoms with van der Waals surface area (Å²) in [6, 6.07) is 1.05. The zero-order valence-corrected chi connectivity index (χ0v) is 9.46. The van der Waals surface area contributed by atoms with Crippen LogP contribution in [0.1, 0.15) is 20.7 Å². The summed E-state index contributed by atoms with van der Waals surface area (Å²) in [7, 11) is 0. The molecule has 84 valence electrons. The van der Waals surface area contributed by atoms with Crippen LogP contribution in [0.5, 0.6) is 0 Å². The Bertz CT molecular complexity index is 313. The largest absolute Gasteiger partial charge is 0.478 e. The second-order valence-corrected chi connectivity index (χ2v) is 2.07. The minimum Gasteiger partial charge on any atom is -0.478 e. The maximum absolute atomic E-state index is 10.3. The number of pyridine rings is 1. The van der Waals surface area contributed by atoms with E-state index in [9.17, 15) is 9.59 Å². The van der Waals surface area contributed by atoms with Crippen LogP contribution in [0.4, 0.5) is 0 Å². The van der Waals surface area contributed by atoms with Gasteiger partial charge in [0.25, 0.3) is 0 Å². The van der Waals surface area contributed by atoms with Crippen molar-refractivity contribution in [2.24, 2.45) is 0 Å². The van der Waals surface area contributed by atoms with Gasteiger partial charge in [-0.05, 0) is 6.07 Å². The number of rotatable bonds is 2. The summed E-state index contributed by atoms with van der Waals surface area (Å²) >= 11 is 0. The van der Waals surface area contributed by atoms with E-state index in [1.165, 1.54) is 0 Å². The van der Waals surface area contributed by atoms with Gasteiger partial charge in [-0.15, -0.1) is 0 Å². The van der Waals surface area contributed by atoms with Gasteiger partial charge >= 0.3 is 11.9 Å². The first kappa shape index (κ1) is 16.0. The fraction of sp³-hybridized carbons (Fsp3) is 0. The smallest absolute Gasteiger partial charge is 0.337 e. The SMILES string of the molecule is O=C(O)c1cncc(C(=O)O)c1.[Ag].[Ag]. The minimum atomic E-state index is -1.19. The molecule has 7 heteroatoms. The van der Waals surface area contributed by atoms with Crippen LogP contribution in [0.3, 0.4) is 0 Å². The Morgan fingerprint density at radius 2 is 1.36 bits per heavy atom. The maximum atomic E-state index is 10.3. The number of aromatic nitrogens is 1. The van der Waals surface area contributed by atoms with Crippen molar-refractivity contribution in [1.29, 1.82) is 0 Å². The molecule has 14 heavy (non-hydrogen) atoms. The fourth-order valence-electron chi connectivity index (χ4n) is 0.674. The van der Waals surface area contributed by atoms with E-state index in [1.54, 1.807) is 0 Å². The second-order valence-electron chi connectivity index (χ2n) is 2.07. The van der Waals surface area contributed by atoms with Gasteiger partial charge < -0.3 is 10.2 Å². The number of hydrogen-bond donors (Lipinski definition) is 2. The average Bonchev–Trinajstić information content (AvgIpc) is 2.04. The predicted molar refractivity (Wildman–Crippen MR) is 38.2 cm³/mol. The van der Waals surface area contributed by atoms with Crippen LogP contribution in [0.2, 0.25) is 0 Å². The molecule has 0 fully saturated rings.